The highest BCUT2D eigenvalue weighted by Crippen LogP contribution is 2.38. The van der Waals surface area contributed by atoms with Crippen molar-refractivity contribution in [3.63, 3.8) is 0 Å². The number of aromatic amines is 1. The number of hydrogen-bond donors (Lipinski definition) is 1. The maximum absolute atomic E-state index is 13.2. The lowest BCUT2D eigenvalue weighted by atomic mass is 9.96. The Labute approximate surface area is 157 Å². The third-order valence-electron chi connectivity index (χ3n) is 4.75. The van der Waals surface area contributed by atoms with Gasteiger partial charge in [-0.05, 0) is 18.6 Å². The van der Waals surface area contributed by atoms with E-state index < -0.39 is 0 Å². The van der Waals surface area contributed by atoms with E-state index in [-0.39, 0.29) is 18.4 Å². The second-order valence-corrected chi connectivity index (χ2v) is 6.32. The van der Waals surface area contributed by atoms with Gasteiger partial charge in [0, 0.05) is 29.3 Å². The summed E-state index contributed by atoms with van der Waals surface area (Å²) in [6, 6.07) is 17.1. The van der Waals surface area contributed by atoms with E-state index in [1.807, 2.05) is 61.5 Å². The zero-order valence-corrected chi connectivity index (χ0v) is 15.1. The van der Waals surface area contributed by atoms with Gasteiger partial charge >= 0.3 is 0 Å². The minimum Gasteiger partial charge on any atom is -0.380 e. The van der Waals surface area contributed by atoms with E-state index in [4.69, 9.17) is 4.74 Å². The molecule has 5 heteroatoms. The molecule has 2 heterocycles. The molecule has 2 amide bonds. The number of amides is 2. The van der Waals surface area contributed by atoms with Crippen molar-refractivity contribution in [2.75, 3.05) is 19.8 Å². The van der Waals surface area contributed by atoms with Crippen LogP contribution in [0.4, 0.5) is 0 Å². The molecule has 1 aliphatic heterocycles. The molecular weight excluding hydrogens is 340 g/mol. The average Bonchev–Trinajstić information content (AvgIpc) is 3.22. The summed E-state index contributed by atoms with van der Waals surface area (Å²) in [4.78, 5) is 30.8. The number of para-hydroxylation sites is 1. The van der Waals surface area contributed by atoms with Crippen LogP contribution in [-0.2, 0) is 14.3 Å². The van der Waals surface area contributed by atoms with Crippen molar-refractivity contribution in [2.24, 2.45) is 0 Å². The first-order valence-electron chi connectivity index (χ1n) is 9.02. The molecule has 0 radical (unpaired) electrons. The SMILES string of the molecule is CCOCCN1C(=O)C(c2ccccc2)=C(c2c[nH]c3ccccc23)C1=O. The van der Waals surface area contributed by atoms with Gasteiger partial charge in [0.15, 0.2) is 0 Å². The molecule has 3 aromatic rings. The van der Waals surface area contributed by atoms with Crippen molar-refractivity contribution in [3.05, 3.63) is 71.9 Å². The summed E-state index contributed by atoms with van der Waals surface area (Å²) < 4.78 is 5.36. The van der Waals surface area contributed by atoms with E-state index in [9.17, 15) is 9.59 Å². The molecule has 27 heavy (non-hydrogen) atoms. The highest BCUT2D eigenvalue weighted by molar-refractivity contribution is 6.49. The summed E-state index contributed by atoms with van der Waals surface area (Å²) in [7, 11) is 0. The summed E-state index contributed by atoms with van der Waals surface area (Å²) in [6.45, 7) is 3.01. The third kappa shape index (κ3) is 2.96. The number of fused-ring (bicyclic) bond motifs is 1. The number of carbonyl (C=O) groups is 2. The largest absolute Gasteiger partial charge is 0.380 e. The number of rotatable bonds is 6. The van der Waals surface area contributed by atoms with Crippen molar-refractivity contribution in [1.29, 1.82) is 0 Å². The first kappa shape index (κ1) is 17.2. The van der Waals surface area contributed by atoms with Crippen LogP contribution >= 0.6 is 0 Å². The van der Waals surface area contributed by atoms with E-state index in [0.29, 0.717) is 24.4 Å². The van der Waals surface area contributed by atoms with Crippen LogP contribution in [0.5, 0.6) is 0 Å². The number of ether oxygens (including phenoxy) is 1. The number of nitrogens with one attached hydrogen (secondary N) is 1. The quantitative estimate of drug-likeness (QED) is 0.541. The predicted octanol–water partition coefficient (Wildman–Crippen LogP) is 3.48. The second kappa shape index (κ2) is 7.21. The molecule has 136 valence electrons. The van der Waals surface area contributed by atoms with Gasteiger partial charge in [-0.2, -0.15) is 0 Å². The maximum Gasteiger partial charge on any atom is 0.262 e. The Kier molecular flexibility index (Phi) is 4.60. The van der Waals surface area contributed by atoms with Crippen LogP contribution in [0.1, 0.15) is 18.1 Å². The highest BCUT2D eigenvalue weighted by atomic mass is 16.5. The number of hydrogen-bond acceptors (Lipinski definition) is 3. The molecule has 0 bridgehead atoms. The van der Waals surface area contributed by atoms with Gasteiger partial charge in [0.05, 0.1) is 24.3 Å². The standard InChI is InChI=1S/C22H20N2O3/c1-2-27-13-12-24-21(25)19(15-8-4-3-5-9-15)20(22(24)26)17-14-23-18-11-7-6-10-16(17)18/h3-11,14,23H,2,12-13H2,1H3. The van der Waals surface area contributed by atoms with Crippen LogP contribution in [0.25, 0.3) is 22.0 Å². The van der Waals surface area contributed by atoms with Gasteiger partial charge in [0.25, 0.3) is 11.8 Å². The summed E-state index contributed by atoms with van der Waals surface area (Å²) in [6.07, 6.45) is 1.81. The van der Waals surface area contributed by atoms with Crippen molar-refractivity contribution < 1.29 is 14.3 Å². The monoisotopic (exact) mass is 360 g/mol. The van der Waals surface area contributed by atoms with Crippen molar-refractivity contribution in [3.8, 4) is 0 Å². The lowest BCUT2D eigenvalue weighted by molar-refractivity contribution is -0.136. The second-order valence-electron chi connectivity index (χ2n) is 6.32. The Hall–Kier alpha value is -3.18. The summed E-state index contributed by atoms with van der Waals surface area (Å²) in [5.41, 5.74) is 3.32. The molecule has 0 saturated carbocycles. The first-order valence-corrected chi connectivity index (χ1v) is 9.02. The number of imide groups is 1. The molecule has 0 saturated heterocycles. The third-order valence-corrected chi connectivity index (χ3v) is 4.75. The summed E-state index contributed by atoms with van der Waals surface area (Å²) in [5, 5.41) is 0.925. The van der Waals surface area contributed by atoms with Crippen LogP contribution in [0, 0.1) is 0 Å². The smallest absolute Gasteiger partial charge is 0.262 e. The Morgan fingerprint density at radius 3 is 2.41 bits per heavy atom. The molecule has 0 aliphatic carbocycles. The zero-order valence-electron chi connectivity index (χ0n) is 15.1. The topological polar surface area (TPSA) is 62.4 Å². The lowest BCUT2D eigenvalue weighted by Gasteiger charge is -2.14. The molecule has 0 spiro atoms. The van der Waals surface area contributed by atoms with E-state index in [0.717, 1.165) is 22.0 Å². The molecule has 0 fully saturated rings. The first-order chi connectivity index (χ1) is 13.2. The van der Waals surface area contributed by atoms with E-state index in [2.05, 4.69) is 4.98 Å². The fourth-order valence-electron chi connectivity index (χ4n) is 3.48. The van der Waals surface area contributed by atoms with Crippen LogP contribution in [0.2, 0.25) is 0 Å². The molecule has 0 atom stereocenters. The van der Waals surface area contributed by atoms with E-state index in [1.54, 1.807) is 6.20 Å². The predicted molar refractivity (Wildman–Crippen MR) is 105 cm³/mol. The number of carbonyl (C=O) groups excluding carboxylic acids is 2. The average molecular weight is 360 g/mol. The number of benzene rings is 2. The Morgan fingerprint density at radius 1 is 0.926 bits per heavy atom. The van der Waals surface area contributed by atoms with Crippen molar-refractivity contribution in [1.82, 2.24) is 9.88 Å². The molecule has 2 aromatic carbocycles. The van der Waals surface area contributed by atoms with Crippen LogP contribution in [-0.4, -0.2) is 41.5 Å². The van der Waals surface area contributed by atoms with Gasteiger partial charge in [0.1, 0.15) is 0 Å². The molecule has 4 rings (SSSR count). The van der Waals surface area contributed by atoms with Gasteiger partial charge in [0.2, 0.25) is 0 Å². The van der Waals surface area contributed by atoms with Gasteiger partial charge in [-0.15, -0.1) is 0 Å². The summed E-state index contributed by atoms with van der Waals surface area (Å²) >= 11 is 0. The molecule has 1 aromatic heterocycles. The van der Waals surface area contributed by atoms with Crippen molar-refractivity contribution >= 4 is 33.9 Å². The Bertz CT molecular complexity index is 1030. The summed E-state index contributed by atoms with van der Waals surface area (Å²) in [5.74, 6) is -0.547. The molecule has 1 aliphatic rings. The van der Waals surface area contributed by atoms with Crippen LogP contribution in [0.3, 0.4) is 0 Å². The van der Waals surface area contributed by atoms with Gasteiger partial charge in [-0.1, -0.05) is 48.5 Å². The number of aromatic nitrogens is 1. The van der Waals surface area contributed by atoms with Crippen LogP contribution in [0.15, 0.2) is 60.8 Å². The van der Waals surface area contributed by atoms with E-state index >= 15 is 0 Å². The molecule has 5 nitrogen and oxygen atoms in total. The van der Waals surface area contributed by atoms with E-state index in [1.165, 1.54) is 4.90 Å². The number of H-pyrrole nitrogens is 1. The van der Waals surface area contributed by atoms with Gasteiger partial charge < -0.3 is 9.72 Å². The Morgan fingerprint density at radius 2 is 1.63 bits per heavy atom. The minimum atomic E-state index is -0.275. The van der Waals surface area contributed by atoms with Gasteiger partial charge in [-0.3, -0.25) is 14.5 Å². The van der Waals surface area contributed by atoms with Gasteiger partial charge in [-0.25, -0.2) is 0 Å². The molecule has 0 unspecified atom stereocenters. The maximum atomic E-state index is 13.2. The highest BCUT2D eigenvalue weighted by Gasteiger charge is 2.39. The fraction of sp³-hybridized carbons (Fsp3) is 0.182. The molecular formula is C22H20N2O3. The number of nitrogens with zero attached hydrogens (tertiary/aromatic N) is 1. The van der Waals surface area contributed by atoms with Crippen LogP contribution < -0.4 is 0 Å². The minimum absolute atomic E-state index is 0.244. The molecule has 1 N–H and O–H groups in total. The zero-order chi connectivity index (χ0) is 18.8. The Balaban J connectivity index is 1.86. The lowest BCUT2D eigenvalue weighted by Crippen LogP contribution is -2.34. The van der Waals surface area contributed by atoms with Crippen molar-refractivity contribution in [2.45, 2.75) is 6.92 Å². The normalized spacial score (nSPS) is 14.6. The fourth-order valence-corrected chi connectivity index (χ4v) is 3.48.